The van der Waals surface area contributed by atoms with Crippen molar-refractivity contribution in [2.75, 3.05) is 0 Å². The number of rotatable bonds is 2. The van der Waals surface area contributed by atoms with Gasteiger partial charge in [-0.25, -0.2) is 0 Å². The molecule has 0 bridgehead atoms. The molecule has 7 heteroatoms. The molecule has 0 fully saturated rings. The fourth-order valence-electron chi connectivity index (χ4n) is 0.217. The average Bonchev–Trinajstić information content (AvgIpc) is 1.58. The first-order valence-corrected chi connectivity index (χ1v) is 4.20. The second-order valence-electron chi connectivity index (χ2n) is 1.16. The van der Waals surface area contributed by atoms with Crippen molar-refractivity contribution in [2.24, 2.45) is 0 Å². The zero-order chi connectivity index (χ0) is 8.15. The highest BCUT2D eigenvalue weighted by Crippen LogP contribution is 1.54. The van der Waals surface area contributed by atoms with Gasteiger partial charge in [-0.1, -0.05) is 0 Å². The molecule has 0 aliphatic rings. The highest BCUT2D eigenvalue weighted by molar-refractivity contribution is 7.76. The Kier molecular flexibility index (Phi) is 3.59. The number of carbonyl (C=O) groups excluding carboxylic acids is 1. The Morgan fingerprint density at radius 3 is 1.40 bits per heavy atom. The molecule has 5 nitrogen and oxygen atoms in total. The second-order valence-corrected chi connectivity index (χ2v) is 2.67. The summed E-state index contributed by atoms with van der Waals surface area (Å²) in [5.41, 5.74) is 0. The minimum absolute atomic E-state index is 0.260. The number of ketones is 1. The van der Waals surface area contributed by atoms with E-state index in [9.17, 15) is 21.6 Å². The first kappa shape index (κ1) is 9.05. The predicted molar refractivity (Wildman–Crippen MR) is 35.0 cm³/mol. The molecule has 56 valence electrons. The van der Waals surface area contributed by atoms with Crippen molar-refractivity contribution in [1.29, 1.82) is 0 Å². The Morgan fingerprint density at radius 2 is 1.20 bits per heavy atom. The quantitative estimate of drug-likeness (QED) is 0.457. The van der Waals surface area contributed by atoms with Crippen molar-refractivity contribution in [3.05, 3.63) is 0 Å². The smallest absolute Gasteiger partial charge is 0.218 e. The van der Waals surface area contributed by atoms with Crippen LogP contribution in [0.2, 0.25) is 0 Å². The van der Waals surface area contributed by atoms with E-state index < -0.39 is 26.4 Å². The third-order valence-corrected chi connectivity index (χ3v) is 1.27. The van der Waals surface area contributed by atoms with Gasteiger partial charge in [-0.2, -0.15) is 16.8 Å². The molecule has 0 radical (unpaired) electrons. The monoisotopic (exact) mass is 182 g/mol. The van der Waals surface area contributed by atoms with Gasteiger partial charge in [-0.15, -0.1) is 0 Å². The molecule has 0 aliphatic carbocycles. The number of hydrogen-bond acceptors (Lipinski definition) is 5. The van der Waals surface area contributed by atoms with Crippen LogP contribution in [0.25, 0.3) is 0 Å². The van der Waals surface area contributed by atoms with E-state index in [-0.39, 0.29) is 10.7 Å². The van der Waals surface area contributed by atoms with Gasteiger partial charge in [0, 0.05) is 0 Å². The summed E-state index contributed by atoms with van der Waals surface area (Å²) >= 11 is 0. The highest BCUT2D eigenvalue weighted by atomic mass is 32.2. The topological polar surface area (TPSA) is 85.3 Å². The van der Waals surface area contributed by atoms with Crippen LogP contribution in [-0.4, -0.2) is 33.4 Å². The van der Waals surface area contributed by atoms with Crippen molar-refractivity contribution < 1.29 is 21.6 Å². The minimum atomic E-state index is -2.64. The fourth-order valence-corrected chi connectivity index (χ4v) is 0.819. The first-order chi connectivity index (χ1) is 4.52. The van der Waals surface area contributed by atoms with Crippen LogP contribution in [0, 0.1) is 0 Å². The van der Waals surface area contributed by atoms with Crippen LogP contribution in [0.3, 0.4) is 0 Å². The van der Waals surface area contributed by atoms with Gasteiger partial charge < -0.3 is 0 Å². The molecule has 0 rings (SSSR count). The van der Waals surface area contributed by atoms with E-state index in [1.807, 2.05) is 0 Å². The van der Waals surface area contributed by atoms with Gasteiger partial charge in [0.05, 0.1) is 0 Å². The van der Waals surface area contributed by atoms with Gasteiger partial charge >= 0.3 is 0 Å². The Labute approximate surface area is 59.4 Å². The molecule has 0 heterocycles. The third-order valence-electron chi connectivity index (χ3n) is 0.425. The van der Waals surface area contributed by atoms with Crippen molar-refractivity contribution in [1.82, 2.24) is 0 Å². The number of Topliss-reactive ketones (excluding diaryl/α,β-unsaturated/α-hetero) is 1. The molecule has 0 aliphatic heterocycles. The summed E-state index contributed by atoms with van der Waals surface area (Å²) < 4.78 is 38.8. The lowest BCUT2D eigenvalue weighted by atomic mass is 10.5. The number of carbonyl (C=O) groups is 1. The summed E-state index contributed by atoms with van der Waals surface area (Å²) in [5.74, 6) is -1.07. The second kappa shape index (κ2) is 3.96. The lowest BCUT2D eigenvalue weighted by Crippen LogP contribution is -2.00. The summed E-state index contributed by atoms with van der Waals surface area (Å²) in [7, 11) is -5.28. The zero-order valence-electron chi connectivity index (χ0n) is 4.51. The third kappa shape index (κ3) is 5.19. The van der Waals surface area contributed by atoms with Crippen LogP contribution in [0.15, 0.2) is 0 Å². The molecule has 0 saturated carbocycles. The summed E-state index contributed by atoms with van der Waals surface area (Å²) in [6.45, 7) is 0. The SMILES string of the molecule is O=C(C=S(=O)=O)C=S(=O)=O. The average molecular weight is 182 g/mol. The van der Waals surface area contributed by atoms with Crippen LogP contribution in [-0.2, 0) is 25.4 Å². The maximum Gasteiger partial charge on any atom is 0.218 e. The standard InChI is InChI=1S/C3H2O5S2/c4-3(1-9(5)6)2-10(7)8/h1-2H. The van der Waals surface area contributed by atoms with Crippen LogP contribution in [0.5, 0.6) is 0 Å². The van der Waals surface area contributed by atoms with Crippen LogP contribution >= 0.6 is 0 Å². The molecule has 0 amide bonds. The first-order valence-electron chi connectivity index (χ1n) is 1.92. The Balaban J connectivity index is 4.78. The Morgan fingerprint density at radius 1 is 0.900 bits per heavy atom. The van der Waals surface area contributed by atoms with E-state index in [0.717, 1.165) is 0 Å². The molecular formula is C3H2O5S2. The predicted octanol–water partition coefficient (Wildman–Crippen LogP) is -2.08. The molecule has 0 aromatic heterocycles. The van der Waals surface area contributed by atoms with Crippen molar-refractivity contribution in [3.8, 4) is 0 Å². The maximum absolute atomic E-state index is 10.2. The van der Waals surface area contributed by atoms with Gasteiger partial charge in [0.25, 0.3) is 0 Å². The van der Waals surface area contributed by atoms with Crippen molar-refractivity contribution in [2.45, 2.75) is 0 Å². The molecule has 10 heavy (non-hydrogen) atoms. The van der Waals surface area contributed by atoms with Gasteiger partial charge in [0.1, 0.15) is 10.7 Å². The molecule has 0 aromatic carbocycles. The highest BCUT2D eigenvalue weighted by Gasteiger charge is 1.90. The molecular weight excluding hydrogens is 180 g/mol. The molecule has 0 spiro atoms. The van der Waals surface area contributed by atoms with Crippen LogP contribution in [0.4, 0.5) is 0 Å². The van der Waals surface area contributed by atoms with E-state index in [4.69, 9.17) is 0 Å². The van der Waals surface area contributed by atoms with E-state index in [2.05, 4.69) is 0 Å². The van der Waals surface area contributed by atoms with E-state index in [1.54, 1.807) is 0 Å². The fraction of sp³-hybridized carbons (Fsp3) is 0. The van der Waals surface area contributed by atoms with Crippen molar-refractivity contribution >= 4 is 37.1 Å². The molecule has 0 atom stereocenters. The molecule has 0 N–H and O–H groups in total. The number of hydrogen-bond donors (Lipinski definition) is 0. The summed E-state index contributed by atoms with van der Waals surface area (Å²) in [6.07, 6.45) is 0. The Hall–Kier alpha value is -0.950. The van der Waals surface area contributed by atoms with Gasteiger partial charge in [0.15, 0.2) is 0 Å². The van der Waals surface area contributed by atoms with Gasteiger partial charge in [-0.3, -0.25) is 4.79 Å². The van der Waals surface area contributed by atoms with Gasteiger partial charge in [0.2, 0.25) is 26.4 Å². The van der Waals surface area contributed by atoms with E-state index in [1.165, 1.54) is 0 Å². The molecule has 0 saturated heterocycles. The summed E-state index contributed by atoms with van der Waals surface area (Å²) in [4.78, 5) is 10.2. The largest absolute Gasteiger partial charge is 0.288 e. The van der Waals surface area contributed by atoms with Gasteiger partial charge in [-0.05, 0) is 0 Å². The Bertz CT molecular complexity index is 327. The normalized spacial score (nSPS) is 8.00. The van der Waals surface area contributed by atoms with E-state index in [0.29, 0.717) is 0 Å². The van der Waals surface area contributed by atoms with Crippen molar-refractivity contribution in [3.63, 3.8) is 0 Å². The molecule has 0 unspecified atom stereocenters. The molecule has 0 aromatic rings. The maximum atomic E-state index is 10.2. The van der Waals surface area contributed by atoms with Crippen LogP contribution < -0.4 is 0 Å². The lowest BCUT2D eigenvalue weighted by molar-refractivity contribution is -0.106. The minimum Gasteiger partial charge on any atom is -0.288 e. The lowest BCUT2D eigenvalue weighted by Gasteiger charge is -1.65. The summed E-state index contributed by atoms with van der Waals surface area (Å²) in [5, 5.41) is 0.519. The zero-order valence-corrected chi connectivity index (χ0v) is 6.15. The van der Waals surface area contributed by atoms with Crippen LogP contribution in [0.1, 0.15) is 0 Å². The summed E-state index contributed by atoms with van der Waals surface area (Å²) in [6, 6.07) is 0. The van der Waals surface area contributed by atoms with E-state index >= 15 is 0 Å².